The summed E-state index contributed by atoms with van der Waals surface area (Å²) in [5.41, 5.74) is -0.0450. The molecule has 0 spiro atoms. The van der Waals surface area contributed by atoms with Crippen molar-refractivity contribution < 1.29 is 4.74 Å². The highest BCUT2D eigenvalue weighted by atomic mass is 16.5. The lowest BCUT2D eigenvalue weighted by Crippen LogP contribution is -2.43. The number of fused-ring (bicyclic) bond motifs is 3. The third-order valence-corrected chi connectivity index (χ3v) is 5.10. The van der Waals surface area contributed by atoms with Crippen molar-refractivity contribution in [2.75, 3.05) is 7.05 Å². The van der Waals surface area contributed by atoms with Crippen molar-refractivity contribution in [3.63, 3.8) is 0 Å². The van der Waals surface area contributed by atoms with Crippen molar-refractivity contribution in [1.29, 1.82) is 0 Å². The number of piperidine rings is 1. The summed E-state index contributed by atoms with van der Waals surface area (Å²) in [7, 11) is 2.24. The highest BCUT2D eigenvalue weighted by molar-refractivity contribution is 5.82. The Labute approximate surface area is 123 Å². The van der Waals surface area contributed by atoms with Crippen LogP contribution in [0.5, 0.6) is 5.75 Å². The van der Waals surface area contributed by atoms with Gasteiger partial charge in [0, 0.05) is 23.7 Å². The first-order valence-corrected chi connectivity index (χ1v) is 7.71. The number of aromatic nitrogens is 1. The monoisotopic (exact) mass is 284 g/mol. The first-order chi connectivity index (χ1) is 10.2. The van der Waals surface area contributed by atoms with Gasteiger partial charge in [-0.05, 0) is 62.4 Å². The molecule has 2 aromatic rings. The molecule has 21 heavy (non-hydrogen) atoms. The summed E-state index contributed by atoms with van der Waals surface area (Å²) in [4.78, 5) is 16.9. The zero-order chi connectivity index (χ0) is 14.4. The Hall–Kier alpha value is -1.81. The van der Waals surface area contributed by atoms with Gasteiger partial charge in [0.25, 0.3) is 5.56 Å². The van der Waals surface area contributed by atoms with Crippen LogP contribution in [0.3, 0.4) is 0 Å². The molecule has 110 valence electrons. The first-order valence-electron chi connectivity index (χ1n) is 7.71. The fourth-order valence-corrected chi connectivity index (χ4v) is 3.89. The topological polar surface area (TPSA) is 45.3 Å². The van der Waals surface area contributed by atoms with E-state index >= 15 is 0 Å². The molecular formula is C17H20N2O2. The zero-order valence-electron chi connectivity index (χ0n) is 12.2. The van der Waals surface area contributed by atoms with Crippen molar-refractivity contribution in [3.05, 3.63) is 40.8 Å². The third-order valence-electron chi connectivity index (χ3n) is 5.10. The Morgan fingerprint density at radius 2 is 1.95 bits per heavy atom. The SMILES string of the molecule is CN1[C@@H]2CC[C@H]1CC(Oc1ccc3c(=O)[nH]ccc3c1)C2. The Morgan fingerprint density at radius 1 is 1.19 bits per heavy atom. The van der Waals surface area contributed by atoms with Crippen molar-refractivity contribution in [2.24, 2.45) is 0 Å². The van der Waals surface area contributed by atoms with Crippen LogP contribution in [0.15, 0.2) is 35.3 Å². The smallest absolute Gasteiger partial charge is 0.255 e. The number of nitrogens with zero attached hydrogens (tertiary/aromatic N) is 1. The minimum Gasteiger partial charge on any atom is -0.490 e. The van der Waals surface area contributed by atoms with E-state index in [0.29, 0.717) is 23.6 Å². The summed E-state index contributed by atoms with van der Waals surface area (Å²) >= 11 is 0. The summed E-state index contributed by atoms with van der Waals surface area (Å²) in [5.74, 6) is 0.877. The molecule has 1 aromatic carbocycles. The van der Waals surface area contributed by atoms with E-state index in [2.05, 4.69) is 16.9 Å². The molecule has 2 bridgehead atoms. The van der Waals surface area contributed by atoms with Gasteiger partial charge in [-0.25, -0.2) is 0 Å². The van der Waals surface area contributed by atoms with E-state index in [9.17, 15) is 4.79 Å². The van der Waals surface area contributed by atoms with Crippen molar-refractivity contribution in [3.8, 4) is 5.75 Å². The molecule has 0 radical (unpaired) electrons. The molecule has 1 unspecified atom stereocenters. The fraction of sp³-hybridized carbons (Fsp3) is 0.471. The molecule has 2 fully saturated rings. The number of H-pyrrole nitrogens is 1. The van der Waals surface area contributed by atoms with Gasteiger partial charge in [-0.15, -0.1) is 0 Å². The molecule has 2 saturated heterocycles. The maximum atomic E-state index is 11.7. The van der Waals surface area contributed by atoms with Gasteiger partial charge in [0.2, 0.25) is 0 Å². The van der Waals surface area contributed by atoms with Gasteiger partial charge >= 0.3 is 0 Å². The molecule has 3 atom stereocenters. The number of aromatic amines is 1. The Morgan fingerprint density at radius 3 is 2.71 bits per heavy atom. The minimum atomic E-state index is -0.0450. The predicted molar refractivity (Wildman–Crippen MR) is 82.8 cm³/mol. The largest absolute Gasteiger partial charge is 0.490 e. The second kappa shape index (κ2) is 4.88. The van der Waals surface area contributed by atoms with Crippen LogP contribution in [0.1, 0.15) is 25.7 Å². The van der Waals surface area contributed by atoms with E-state index in [-0.39, 0.29) is 5.56 Å². The number of rotatable bonds is 2. The standard InChI is InChI=1S/C17H20N2O2/c1-19-12-2-3-13(19)10-15(9-12)21-14-4-5-16-11(8-14)6-7-18-17(16)20/h4-8,12-13,15H,2-3,9-10H2,1H3,(H,18,20)/t12-,13+,15?. The average molecular weight is 284 g/mol. The molecule has 0 aliphatic carbocycles. The summed E-state index contributed by atoms with van der Waals surface area (Å²) < 4.78 is 6.19. The number of benzene rings is 1. The molecule has 4 heteroatoms. The van der Waals surface area contributed by atoms with Crippen molar-refractivity contribution >= 4 is 10.8 Å². The molecule has 4 nitrogen and oxygen atoms in total. The molecule has 1 N–H and O–H groups in total. The summed E-state index contributed by atoms with van der Waals surface area (Å²) in [6, 6.07) is 9.02. The van der Waals surface area contributed by atoms with Gasteiger partial charge in [0.15, 0.2) is 0 Å². The fourth-order valence-electron chi connectivity index (χ4n) is 3.89. The number of nitrogens with one attached hydrogen (secondary N) is 1. The molecule has 2 aliphatic heterocycles. The second-order valence-electron chi connectivity index (χ2n) is 6.32. The molecule has 3 heterocycles. The van der Waals surface area contributed by atoms with Crippen LogP contribution in [-0.4, -0.2) is 35.1 Å². The molecule has 2 aliphatic rings. The zero-order valence-corrected chi connectivity index (χ0v) is 12.2. The van der Waals surface area contributed by atoms with E-state index < -0.39 is 0 Å². The Kier molecular flexibility index (Phi) is 3.00. The lowest BCUT2D eigenvalue weighted by molar-refractivity contribution is 0.0662. The number of ether oxygens (including phenoxy) is 1. The van der Waals surface area contributed by atoms with E-state index in [1.165, 1.54) is 12.8 Å². The Balaban J connectivity index is 1.56. The maximum absolute atomic E-state index is 11.7. The Bertz CT molecular complexity index is 710. The molecule has 1 aromatic heterocycles. The van der Waals surface area contributed by atoms with Gasteiger partial charge in [-0.1, -0.05) is 0 Å². The van der Waals surface area contributed by atoms with E-state index in [1.807, 2.05) is 24.3 Å². The highest BCUT2D eigenvalue weighted by Gasteiger charge is 2.39. The van der Waals surface area contributed by atoms with Gasteiger partial charge in [-0.2, -0.15) is 0 Å². The van der Waals surface area contributed by atoms with Gasteiger partial charge < -0.3 is 14.6 Å². The van der Waals surface area contributed by atoms with E-state index in [4.69, 9.17) is 4.74 Å². The molecule has 0 amide bonds. The third kappa shape index (κ3) is 2.23. The normalized spacial score (nSPS) is 28.9. The summed E-state index contributed by atoms with van der Waals surface area (Å²) in [6.07, 6.45) is 6.81. The first kappa shape index (κ1) is 12.9. The quantitative estimate of drug-likeness (QED) is 0.921. The van der Waals surface area contributed by atoms with E-state index in [0.717, 1.165) is 24.0 Å². The van der Waals surface area contributed by atoms with Gasteiger partial charge in [-0.3, -0.25) is 4.79 Å². The maximum Gasteiger partial charge on any atom is 0.255 e. The van der Waals surface area contributed by atoms with Crippen LogP contribution in [0.25, 0.3) is 10.8 Å². The lowest BCUT2D eigenvalue weighted by Gasteiger charge is -2.36. The van der Waals surface area contributed by atoms with Crippen molar-refractivity contribution in [2.45, 2.75) is 43.9 Å². The number of hydrogen-bond acceptors (Lipinski definition) is 3. The summed E-state index contributed by atoms with van der Waals surface area (Å²) in [5, 5.41) is 1.65. The minimum absolute atomic E-state index is 0.0450. The molecule has 0 saturated carbocycles. The molecule has 4 rings (SSSR count). The van der Waals surface area contributed by atoms with E-state index in [1.54, 1.807) is 6.20 Å². The average Bonchev–Trinajstić information content (AvgIpc) is 2.70. The van der Waals surface area contributed by atoms with Crippen LogP contribution < -0.4 is 10.3 Å². The van der Waals surface area contributed by atoms with Crippen LogP contribution in [0.2, 0.25) is 0 Å². The number of hydrogen-bond donors (Lipinski definition) is 1. The lowest BCUT2D eigenvalue weighted by atomic mass is 10.0. The van der Waals surface area contributed by atoms with Crippen molar-refractivity contribution in [1.82, 2.24) is 9.88 Å². The number of pyridine rings is 1. The van der Waals surface area contributed by atoms with Gasteiger partial charge in [0.05, 0.1) is 0 Å². The molecular weight excluding hydrogens is 264 g/mol. The second-order valence-corrected chi connectivity index (χ2v) is 6.32. The van der Waals surface area contributed by atoms with Crippen LogP contribution in [-0.2, 0) is 0 Å². The predicted octanol–water partition coefficient (Wildman–Crippen LogP) is 2.53. The van der Waals surface area contributed by atoms with Crippen LogP contribution in [0.4, 0.5) is 0 Å². The van der Waals surface area contributed by atoms with Crippen LogP contribution >= 0.6 is 0 Å². The highest BCUT2D eigenvalue weighted by Crippen LogP contribution is 2.36. The summed E-state index contributed by atoms with van der Waals surface area (Å²) in [6.45, 7) is 0. The van der Waals surface area contributed by atoms with Crippen LogP contribution in [0, 0.1) is 0 Å². The van der Waals surface area contributed by atoms with Gasteiger partial charge in [0.1, 0.15) is 11.9 Å².